The van der Waals surface area contributed by atoms with Gasteiger partial charge in [0.1, 0.15) is 11.5 Å². The van der Waals surface area contributed by atoms with Crippen LogP contribution in [0.2, 0.25) is 0 Å². The van der Waals surface area contributed by atoms with Gasteiger partial charge < -0.3 is 14.5 Å². The van der Waals surface area contributed by atoms with Crippen LogP contribution in [0.1, 0.15) is 17.0 Å². The molecule has 0 aliphatic carbocycles. The van der Waals surface area contributed by atoms with Gasteiger partial charge in [-0.25, -0.2) is 4.98 Å². The van der Waals surface area contributed by atoms with E-state index >= 15 is 0 Å². The van der Waals surface area contributed by atoms with Gasteiger partial charge in [-0.2, -0.15) is 0 Å². The standard InChI is InChI=1S/C21H22N2O3/c1-15-19(23-21(26-15)17-6-4-3-5-7-17)14-20(24)22-13-12-16-8-10-18(25-2)11-9-16/h3-11H,12-14H2,1-2H3,(H,22,24). The number of nitrogens with zero attached hydrogens (tertiary/aromatic N) is 1. The number of amides is 1. The summed E-state index contributed by atoms with van der Waals surface area (Å²) < 4.78 is 10.8. The lowest BCUT2D eigenvalue weighted by Gasteiger charge is -2.05. The number of ether oxygens (including phenoxy) is 1. The van der Waals surface area contributed by atoms with Crippen LogP contribution in [-0.2, 0) is 17.6 Å². The zero-order valence-corrected chi connectivity index (χ0v) is 15.0. The number of carbonyl (C=O) groups is 1. The average Bonchev–Trinajstić information content (AvgIpc) is 3.03. The molecule has 0 aliphatic heterocycles. The van der Waals surface area contributed by atoms with E-state index in [1.54, 1.807) is 7.11 Å². The molecule has 1 amide bonds. The van der Waals surface area contributed by atoms with E-state index in [-0.39, 0.29) is 12.3 Å². The zero-order valence-electron chi connectivity index (χ0n) is 15.0. The van der Waals surface area contributed by atoms with E-state index in [1.165, 1.54) is 0 Å². The highest BCUT2D eigenvalue weighted by Gasteiger charge is 2.14. The van der Waals surface area contributed by atoms with Crippen LogP contribution in [-0.4, -0.2) is 24.5 Å². The van der Waals surface area contributed by atoms with Gasteiger partial charge in [-0.15, -0.1) is 0 Å². The van der Waals surface area contributed by atoms with Crippen molar-refractivity contribution in [1.82, 2.24) is 10.3 Å². The van der Waals surface area contributed by atoms with Crippen LogP contribution < -0.4 is 10.1 Å². The number of hydrogen-bond acceptors (Lipinski definition) is 4. The molecule has 0 fully saturated rings. The lowest BCUT2D eigenvalue weighted by atomic mass is 10.1. The smallest absolute Gasteiger partial charge is 0.226 e. The Labute approximate surface area is 153 Å². The molecule has 1 N–H and O–H groups in total. The molecule has 0 radical (unpaired) electrons. The first kappa shape index (κ1) is 17.7. The molecule has 134 valence electrons. The third-order valence-corrected chi connectivity index (χ3v) is 4.14. The molecule has 1 heterocycles. The van der Waals surface area contributed by atoms with E-state index < -0.39 is 0 Å². The Hall–Kier alpha value is -3.08. The largest absolute Gasteiger partial charge is 0.497 e. The van der Waals surface area contributed by atoms with Crippen molar-refractivity contribution in [2.24, 2.45) is 0 Å². The number of nitrogens with one attached hydrogen (secondary N) is 1. The molecule has 0 aliphatic rings. The molecule has 0 bridgehead atoms. The maximum absolute atomic E-state index is 12.2. The highest BCUT2D eigenvalue weighted by atomic mass is 16.5. The summed E-state index contributed by atoms with van der Waals surface area (Å²) in [7, 11) is 1.64. The maximum atomic E-state index is 12.2. The van der Waals surface area contributed by atoms with Crippen molar-refractivity contribution >= 4 is 5.91 Å². The molecular weight excluding hydrogens is 328 g/mol. The van der Waals surface area contributed by atoms with Crippen molar-refractivity contribution in [3.8, 4) is 17.2 Å². The summed E-state index contributed by atoms with van der Waals surface area (Å²) >= 11 is 0. The van der Waals surface area contributed by atoms with Gasteiger partial charge >= 0.3 is 0 Å². The molecule has 2 aromatic carbocycles. The molecule has 5 nitrogen and oxygen atoms in total. The van der Waals surface area contributed by atoms with Gasteiger partial charge in [0.2, 0.25) is 11.8 Å². The molecular formula is C21H22N2O3. The Balaban J connectivity index is 1.52. The first-order valence-corrected chi connectivity index (χ1v) is 8.57. The molecule has 0 saturated carbocycles. The number of carbonyl (C=O) groups excluding carboxylic acids is 1. The normalized spacial score (nSPS) is 10.5. The molecule has 3 aromatic rings. The quantitative estimate of drug-likeness (QED) is 0.708. The lowest BCUT2D eigenvalue weighted by molar-refractivity contribution is -0.120. The SMILES string of the molecule is COc1ccc(CCNC(=O)Cc2nc(-c3ccccc3)oc2C)cc1. The minimum absolute atomic E-state index is 0.0606. The van der Waals surface area contributed by atoms with Crippen LogP contribution in [0.4, 0.5) is 0 Å². The Morgan fingerprint density at radius 2 is 1.85 bits per heavy atom. The number of hydrogen-bond donors (Lipinski definition) is 1. The minimum atomic E-state index is -0.0606. The highest BCUT2D eigenvalue weighted by Crippen LogP contribution is 2.21. The number of benzene rings is 2. The van der Waals surface area contributed by atoms with Gasteiger partial charge in [-0.05, 0) is 43.2 Å². The molecule has 0 unspecified atom stereocenters. The Morgan fingerprint density at radius 1 is 1.12 bits per heavy atom. The van der Waals surface area contributed by atoms with Crippen LogP contribution >= 0.6 is 0 Å². The molecule has 26 heavy (non-hydrogen) atoms. The van der Waals surface area contributed by atoms with E-state index in [9.17, 15) is 4.79 Å². The molecule has 3 rings (SSSR count). The Kier molecular flexibility index (Phi) is 5.69. The van der Waals surface area contributed by atoms with Gasteiger partial charge in [0.25, 0.3) is 0 Å². The second kappa shape index (κ2) is 8.34. The second-order valence-electron chi connectivity index (χ2n) is 6.01. The average molecular weight is 350 g/mol. The zero-order chi connectivity index (χ0) is 18.4. The fraction of sp³-hybridized carbons (Fsp3) is 0.238. The molecule has 0 atom stereocenters. The van der Waals surface area contributed by atoms with Crippen LogP contribution in [0.15, 0.2) is 59.0 Å². The number of oxazole rings is 1. The third-order valence-electron chi connectivity index (χ3n) is 4.14. The van der Waals surface area contributed by atoms with Crippen molar-refractivity contribution in [3.63, 3.8) is 0 Å². The van der Waals surface area contributed by atoms with E-state index in [2.05, 4.69) is 10.3 Å². The topological polar surface area (TPSA) is 64.4 Å². The Bertz CT molecular complexity index is 855. The summed E-state index contributed by atoms with van der Waals surface area (Å²) in [6.45, 7) is 2.41. The second-order valence-corrected chi connectivity index (χ2v) is 6.01. The van der Waals surface area contributed by atoms with Crippen LogP contribution in [0.5, 0.6) is 5.75 Å². The van der Waals surface area contributed by atoms with Crippen LogP contribution in [0.3, 0.4) is 0 Å². The van der Waals surface area contributed by atoms with Crippen LogP contribution in [0, 0.1) is 6.92 Å². The molecule has 0 saturated heterocycles. The van der Waals surface area contributed by atoms with Crippen LogP contribution in [0.25, 0.3) is 11.5 Å². The van der Waals surface area contributed by atoms with E-state index in [1.807, 2.05) is 61.5 Å². The first-order chi connectivity index (χ1) is 12.7. The highest BCUT2D eigenvalue weighted by molar-refractivity contribution is 5.78. The van der Waals surface area contributed by atoms with E-state index in [0.717, 1.165) is 23.3 Å². The number of rotatable bonds is 7. The van der Waals surface area contributed by atoms with Crippen molar-refractivity contribution in [2.45, 2.75) is 19.8 Å². The fourth-order valence-electron chi connectivity index (χ4n) is 2.65. The van der Waals surface area contributed by atoms with Gasteiger partial charge in [0.05, 0.1) is 19.2 Å². The summed E-state index contributed by atoms with van der Waals surface area (Å²) in [5, 5.41) is 2.93. The van der Waals surface area contributed by atoms with Gasteiger partial charge in [-0.3, -0.25) is 4.79 Å². The summed E-state index contributed by atoms with van der Waals surface area (Å²) in [5.41, 5.74) is 2.72. The van der Waals surface area contributed by atoms with E-state index in [4.69, 9.17) is 9.15 Å². The van der Waals surface area contributed by atoms with Gasteiger partial charge in [-0.1, -0.05) is 30.3 Å². The first-order valence-electron chi connectivity index (χ1n) is 8.57. The molecule has 5 heteroatoms. The summed E-state index contributed by atoms with van der Waals surface area (Å²) in [4.78, 5) is 16.7. The molecule has 0 spiro atoms. The molecule has 1 aromatic heterocycles. The van der Waals surface area contributed by atoms with E-state index in [0.29, 0.717) is 23.9 Å². The predicted octanol–water partition coefficient (Wildman–Crippen LogP) is 3.56. The number of aromatic nitrogens is 1. The summed E-state index contributed by atoms with van der Waals surface area (Å²) in [6, 6.07) is 17.5. The lowest BCUT2D eigenvalue weighted by Crippen LogP contribution is -2.27. The monoisotopic (exact) mass is 350 g/mol. The number of methoxy groups -OCH3 is 1. The van der Waals surface area contributed by atoms with Gasteiger partial charge in [0.15, 0.2) is 0 Å². The van der Waals surface area contributed by atoms with Crippen molar-refractivity contribution in [2.75, 3.05) is 13.7 Å². The van der Waals surface area contributed by atoms with Gasteiger partial charge in [0, 0.05) is 12.1 Å². The maximum Gasteiger partial charge on any atom is 0.226 e. The third kappa shape index (κ3) is 4.51. The minimum Gasteiger partial charge on any atom is -0.497 e. The Morgan fingerprint density at radius 3 is 2.54 bits per heavy atom. The van der Waals surface area contributed by atoms with Crippen molar-refractivity contribution < 1.29 is 13.9 Å². The summed E-state index contributed by atoms with van der Waals surface area (Å²) in [5.74, 6) is 1.99. The predicted molar refractivity (Wildman–Crippen MR) is 100 cm³/mol. The number of aryl methyl sites for hydroxylation is 1. The fourth-order valence-corrected chi connectivity index (χ4v) is 2.65. The van der Waals surface area contributed by atoms with Crippen molar-refractivity contribution in [1.29, 1.82) is 0 Å². The summed E-state index contributed by atoms with van der Waals surface area (Å²) in [6.07, 6.45) is 0.980. The van der Waals surface area contributed by atoms with Crippen molar-refractivity contribution in [3.05, 3.63) is 71.6 Å².